The van der Waals surface area contributed by atoms with E-state index in [1.807, 2.05) is 0 Å². The van der Waals surface area contributed by atoms with E-state index in [0.29, 0.717) is 5.56 Å². The summed E-state index contributed by atoms with van der Waals surface area (Å²) in [6.07, 6.45) is -0.845. The molecule has 1 aromatic carbocycles. The zero-order valence-electron chi connectivity index (χ0n) is 12.0. The minimum atomic E-state index is -3.75. The van der Waals surface area contributed by atoms with Crippen molar-refractivity contribution in [1.82, 2.24) is 10.0 Å². The number of aliphatic hydroxyl groups is 1. The summed E-state index contributed by atoms with van der Waals surface area (Å²) in [6, 6.07) is 5.57. The van der Waals surface area contributed by atoms with Crippen molar-refractivity contribution >= 4 is 15.9 Å². The van der Waals surface area contributed by atoms with Crippen LogP contribution in [0.2, 0.25) is 0 Å². The molecular weight excluding hydrogens is 280 g/mol. The summed E-state index contributed by atoms with van der Waals surface area (Å²) < 4.78 is 26.8. The fourth-order valence-electron chi connectivity index (χ4n) is 1.42. The molecule has 1 rings (SSSR count). The molecule has 0 aliphatic rings. The van der Waals surface area contributed by atoms with Crippen molar-refractivity contribution < 1.29 is 18.3 Å². The molecule has 0 aromatic heterocycles. The molecule has 0 heterocycles. The molecule has 0 aliphatic carbocycles. The number of hydrogen-bond acceptors (Lipinski definition) is 4. The highest BCUT2D eigenvalue weighted by Gasteiger charge is 2.30. The minimum absolute atomic E-state index is 0.0406. The molecule has 112 valence electrons. The fourth-order valence-corrected chi connectivity index (χ4v) is 2.90. The maximum Gasteiger partial charge on any atom is 0.251 e. The normalized spacial score (nSPS) is 13.8. The van der Waals surface area contributed by atoms with Crippen LogP contribution >= 0.6 is 0 Å². The van der Waals surface area contributed by atoms with Crippen LogP contribution in [0.25, 0.3) is 0 Å². The van der Waals surface area contributed by atoms with Gasteiger partial charge in [-0.2, -0.15) is 0 Å². The highest BCUT2D eigenvalue weighted by atomic mass is 32.2. The Labute approximate surface area is 119 Å². The first-order valence-corrected chi connectivity index (χ1v) is 7.62. The summed E-state index contributed by atoms with van der Waals surface area (Å²) in [5, 5.41) is 12.0. The summed E-state index contributed by atoms with van der Waals surface area (Å²) in [7, 11) is -2.25. The third kappa shape index (κ3) is 3.78. The second-order valence-corrected chi connectivity index (χ2v) is 6.79. The first kappa shape index (κ1) is 16.6. The standard InChI is InChI=1S/C13H20N2O4S/c1-9(16)13(2,3)15-20(18,19)11-7-5-10(6-8-11)12(17)14-4/h5-9,15-16H,1-4H3,(H,14,17). The van der Waals surface area contributed by atoms with Gasteiger partial charge in [0.15, 0.2) is 0 Å². The Morgan fingerprint density at radius 1 is 1.25 bits per heavy atom. The molecule has 0 saturated carbocycles. The number of carbonyl (C=O) groups is 1. The van der Waals surface area contributed by atoms with Crippen molar-refractivity contribution in [3.63, 3.8) is 0 Å². The predicted molar refractivity (Wildman–Crippen MR) is 75.9 cm³/mol. The van der Waals surface area contributed by atoms with Gasteiger partial charge in [0.2, 0.25) is 10.0 Å². The van der Waals surface area contributed by atoms with Crippen LogP contribution in [0, 0.1) is 0 Å². The van der Waals surface area contributed by atoms with Gasteiger partial charge in [-0.1, -0.05) is 0 Å². The van der Waals surface area contributed by atoms with Gasteiger partial charge in [-0.15, -0.1) is 0 Å². The van der Waals surface area contributed by atoms with Gasteiger partial charge in [0, 0.05) is 12.6 Å². The Kier molecular flexibility index (Phi) is 4.90. The molecule has 3 N–H and O–H groups in total. The Hall–Kier alpha value is -1.44. The van der Waals surface area contributed by atoms with Gasteiger partial charge in [-0.3, -0.25) is 4.79 Å². The molecule has 0 radical (unpaired) electrons. The third-order valence-electron chi connectivity index (χ3n) is 3.10. The number of rotatable bonds is 5. The number of carbonyl (C=O) groups excluding carboxylic acids is 1. The molecule has 0 fully saturated rings. The molecular formula is C13H20N2O4S. The first-order valence-electron chi connectivity index (χ1n) is 6.14. The summed E-state index contributed by atoms with van der Waals surface area (Å²) in [5.41, 5.74) is -0.612. The Morgan fingerprint density at radius 2 is 1.75 bits per heavy atom. The van der Waals surface area contributed by atoms with Gasteiger partial charge in [0.1, 0.15) is 0 Å². The highest BCUT2D eigenvalue weighted by Crippen LogP contribution is 2.16. The van der Waals surface area contributed by atoms with E-state index in [-0.39, 0.29) is 10.8 Å². The van der Waals surface area contributed by atoms with E-state index in [2.05, 4.69) is 10.0 Å². The van der Waals surface area contributed by atoms with Crippen LogP contribution in [-0.4, -0.2) is 38.1 Å². The summed E-state index contributed by atoms with van der Waals surface area (Å²) in [5.74, 6) is -0.286. The van der Waals surface area contributed by atoms with Gasteiger partial charge in [0.25, 0.3) is 5.91 Å². The Bertz CT molecular complexity index is 577. The Morgan fingerprint density at radius 3 is 2.15 bits per heavy atom. The molecule has 0 aliphatic heterocycles. The zero-order chi connectivity index (χ0) is 15.6. The van der Waals surface area contributed by atoms with Crippen LogP contribution in [0.3, 0.4) is 0 Å². The Balaban J connectivity index is 3.02. The van der Waals surface area contributed by atoms with E-state index in [1.54, 1.807) is 13.8 Å². The van der Waals surface area contributed by atoms with Gasteiger partial charge in [-0.05, 0) is 45.0 Å². The van der Waals surface area contributed by atoms with E-state index < -0.39 is 21.7 Å². The van der Waals surface area contributed by atoms with E-state index in [4.69, 9.17) is 0 Å². The van der Waals surface area contributed by atoms with Gasteiger partial charge in [0.05, 0.1) is 16.5 Å². The molecule has 0 bridgehead atoms. The lowest BCUT2D eigenvalue weighted by molar-refractivity contribution is 0.0963. The number of benzene rings is 1. The van der Waals surface area contributed by atoms with E-state index in [0.717, 1.165) is 0 Å². The van der Waals surface area contributed by atoms with E-state index in [9.17, 15) is 18.3 Å². The molecule has 1 amide bonds. The number of amides is 1. The average Bonchev–Trinajstić information content (AvgIpc) is 2.36. The highest BCUT2D eigenvalue weighted by molar-refractivity contribution is 7.89. The van der Waals surface area contributed by atoms with E-state index >= 15 is 0 Å². The molecule has 0 spiro atoms. The maximum atomic E-state index is 12.2. The monoisotopic (exact) mass is 300 g/mol. The van der Waals surface area contributed by atoms with Gasteiger partial charge >= 0.3 is 0 Å². The lowest BCUT2D eigenvalue weighted by atomic mass is 10.0. The SMILES string of the molecule is CNC(=O)c1ccc(S(=O)(=O)NC(C)(C)C(C)O)cc1. The lowest BCUT2D eigenvalue weighted by Crippen LogP contribution is -2.50. The number of sulfonamides is 1. The van der Waals surface area contributed by atoms with Crippen LogP contribution in [-0.2, 0) is 10.0 Å². The molecule has 1 aromatic rings. The molecule has 20 heavy (non-hydrogen) atoms. The molecule has 1 unspecified atom stereocenters. The van der Waals surface area contributed by atoms with Crippen molar-refractivity contribution in [2.75, 3.05) is 7.05 Å². The van der Waals surface area contributed by atoms with Crippen molar-refractivity contribution in [2.45, 2.75) is 37.3 Å². The average molecular weight is 300 g/mol. The number of hydrogen-bond donors (Lipinski definition) is 3. The van der Waals surface area contributed by atoms with Crippen molar-refractivity contribution in [1.29, 1.82) is 0 Å². The number of nitrogens with one attached hydrogen (secondary N) is 2. The molecule has 7 heteroatoms. The largest absolute Gasteiger partial charge is 0.391 e. The van der Waals surface area contributed by atoms with Crippen LogP contribution < -0.4 is 10.0 Å². The molecule has 0 saturated heterocycles. The predicted octanol–water partition coefficient (Wildman–Crippen LogP) is 0.484. The van der Waals surface area contributed by atoms with Crippen molar-refractivity contribution in [3.05, 3.63) is 29.8 Å². The second kappa shape index (κ2) is 5.90. The minimum Gasteiger partial charge on any atom is -0.391 e. The van der Waals surface area contributed by atoms with E-state index in [1.165, 1.54) is 38.2 Å². The molecule has 6 nitrogen and oxygen atoms in total. The number of aliphatic hydroxyl groups excluding tert-OH is 1. The quantitative estimate of drug-likeness (QED) is 0.737. The summed E-state index contributed by atoms with van der Waals surface area (Å²) >= 11 is 0. The third-order valence-corrected chi connectivity index (χ3v) is 4.78. The maximum absolute atomic E-state index is 12.2. The lowest BCUT2D eigenvalue weighted by Gasteiger charge is -2.28. The fraction of sp³-hybridized carbons (Fsp3) is 0.462. The zero-order valence-corrected chi connectivity index (χ0v) is 12.8. The van der Waals surface area contributed by atoms with Gasteiger partial charge in [-0.25, -0.2) is 13.1 Å². The van der Waals surface area contributed by atoms with Crippen molar-refractivity contribution in [3.8, 4) is 0 Å². The van der Waals surface area contributed by atoms with Gasteiger partial charge < -0.3 is 10.4 Å². The smallest absolute Gasteiger partial charge is 0.251 e. The van der Waals surface area contributed by atoms with Crippen LogP contribution in [0.1, 0.15) is 31.1 Å². The van der Waals surface area contributed by atoms with Crippen molar-refractivity contribution in [2.24, 2.45) is 0 Å². The summed E-state index contributed by atoms with van der Waals surface area (Å²) in [4.78, 5) is 11.4. The van der Waals surface area contributed by atoms with Crippen LogP contribution in [0.4, 0.5) is 0 Å². The topological polar surface area (TPSA) is 95.5 Å². The van der Waals surface area contributed by atoms with Crippen LogP contribution in [0.5, 0.6) is 0 Å². The first-order chi connectivity index (χ1) is 9.10. The van der Waals surface area contributed by atoms with Crippen LogP contribution in [0.15, 0.2) is 29.2 Å². The molecule has 1 atom stereocenters. The summed E-state index contributed by atoms with van der Waals surface area (Å²) in [6.45, 7) is 4.69. The second-order valence-electron chi connectivity index (χ2n) is 5.11.